The van der Waals surface area contributed by atoms with Crippen molar-refractivity contribution in [3.05, 3.63) is 121 Å². The lowest BCUT2D eigenvalue weighted by Gasteiger charge is -2.39. The molecule has 18 heteroatoms. The molecule has 3 N–H and O–H groups in total. The zero-order valence-corrected chi connectivity index (χ0v) is 38.2. The summed E-state index contributed by atoms with van der Waals surface area (Å²) >= 11 is 6.26. The first-order valence-electron chi connectivity index (χ1n) is 22.0. The van der Waals surface area contributed by atoms with Crippen LogP contribution in [0.1, 0.15) is 61.9 Å². The Labute approximate surface area is 381 Å². The van der Waals surface area contributed by atoms with E-state index in [0.717, 1.165) is 73.9 Å². The van der Waals surface area contributed by atoms with E-state index in [0.29, 0.717) is 44.0 Å². The molecule has 3 aromatic carbocycles. The second kappa shape index (κ2) is 17.8. The number of benzene rings is 3. The molecule has 9 rings (SSSR count). The van der Waals surface area contributed by atoms with Crippen molar-refractivity contribution in [3.63, 3.8) is 0 Å². The number of rotatable bonds is 12. The number of aromatic nitrogens is 4. The van der Waals surface area contributed by atoms with Gasteiger partial charge in [-0.05, 0) is 109 Å². The fraction of sp³-hybridized carbons (Fsp3) is 0.383. The Kier molecular flexibility index (Phi) is 12.1. The third-order valence-electron chi connectivity index (χ3n) is 13.1. The molecule has 1 aliphatic carbocycles. The van der Waals surface area contributed by atoms with Gasteiger partial charge < -0.3 is 19.9 Å². The molecule has 0 spiro atoms. The number of anilines is 2. The molecule has 2 saturated heterocycles. The van der Waals surface area contributed by atoms with E-state index in [2.05, 4.69) is 55.8 Å². The van der Waals surface area contributed by atoms with Crippen molar-refractivity contribution < 1.29 is 22.9 Å². The Morgan fingerprint density at radius 3 is 2.51 bits per heavy atom. The number of nitrogens with zero attached hydrogens (tertiary/aromatic N) is 6. The van der Waals surface area contributed by atoms with Crippen molar-refractivity contribution >= 4 is 72.2 Å². The topological polar surface area (TPSA) is 190 Å². The maximum absolute atomic E-state index is 14.3. The van der Waals surface area contributed by atoms with Crippen molar-refractivity contribution in [1.82, 2.24) is 29.0 Å². The summed E-state index contributed by atoms with van der Waals surface area (Å²) in [4.78, 5) is 51.5. The Hall–Kier alpha value is -6.01. The van der Waals surface area contributed by atoms with Crippen LogP contribution in [0.2, 0.25) is 5.02 Å². The van der Waals surface area contributed by atoms with Gasteiger partial charge in [0.05, 0.1) is 26.6 Å². The Morgan fingerprint density at radius 2 is 1.77 bits per heavy atom. The summed E-state index contributed by atoms with van der Waals surface area (Å²) in [6, 6.07) is 20.4. The number of hydrogen-bond donors (Lipinski definition) is 3. The largest absolute Gasteiger partial charge is 0.381 e. The zero-order chi connectivity index (χ0) is 45.6. The van der Waals surface area contributed by atoms with Crippen molar-refractivity contribution in [2.45, 2.75) is 50.8 Å². The molecule has 0 saturated carbocycles. The smallest absolute Gasteiger partial charge is 0.293 e. The number of ether oxygens (including phenoxy) is 1. The summed E-state index contributed by atoms with van der Waals surface area (Å²) in [5.74, 6) is -0.726. The van der Waals surface area contributed by atoms with Crippen LogP contribution < -0.4 is 20.5 Å². The number of nitrogens with one attached hydrogen (secondary N) is 3. The number of allylic oxidation sites excluding steroid dienone is 1. The van der Waals surface area contributed by atoms with Crippen LogP contribution in [0.15, 0.2) is 94.3 Å². The summed E-state index contributed by atoms with van der Waals surface area (Å²) in [5.41, 5.74) is 5.70. The number of carbonyl (C=O) groups excluding carboxylic acids is 1. The van der Waals surface area contributed by atoms with Gasteiger partial charge in [-0.25, -0.2) is 27.5 Å². The van der Waals surface area contributed by atoms with Crippen molar-refractivity contribution in [1.29, 1.82) is 0 Å². The Bertz CT molecular complexity index is 3020. The number of nitro benzene ring substituents is 1. The fourth-order valence-corrected chi connectivity index (χ4v) is 10.5. The molecule has 3 aliphatic rings. The number of aromatic amines is 1. The van der Waals surface area contributed by atoms with Gasteiger partial charge in [0.25, 0.3) is 27.2 Å². The number of nitro groups is 1. The van der Waals surface area contributed by atoms with E-state index >= 15 is 0 Å². The average Bonchev–Trinajstić information content (AvgIpc) is 3.85. The van der Waals surface area contributed by atoms with Gasteiger partial charge in [0.15, 0.2) is 5.52 Å². The number of amides is 1. The van der Waals surface area contributed by atoms with Gasteiger partial charge in [0.2, 0.25) is 0 Å². The van der Waals surface area contributed by atoms with Crippen molar-refractivity contribution in [3.8, 4) is 5.69 Å². The van der Waals surface area contributed by atoms with E-state index in [1.165, 1.54) is 33.5 Å². The maximum Gasteiger partial charge on any atom is 0.293 e. The number of sulfonamides is 1. The lowest BCUT2D eigenvalue weighted by Crippen LogP contribution is -2.47. The normalized spacial score (nSPS) is 17.5. The second-order valence-electron chi connectivity index (χ2n) is 18.1. The predicted octanol–water partition coefficient (Wildman–Crippen LogP) is 7.51. The van der Waals surface area contributed by atoms with Gasteiger partial charge in [-0.1, -0.05) is 43.2 Å². The number of H-pyrrole nitrogens is 1. The summed E-state index contributed by atoms with van der Waals surface area (Å²) < 4.78 is 38.3. The number of hydrogen-bond acceptors (Lipinski definition) is 11. The van der Waals surface area contributed by atoms with Gasteiger partial charge in [0, 0.05) is 87.9 Å². The molecular weight excluding hydrogens is 870 g/mol. The summed E-state index contributed by atoms with van der Waals surface area (Å²) in [5, 5.41) is 16.7. The van der Waals surface area contributed by atoms with Crippen LogP contribution in [0, 0.1) is 21.4 Å². The Morgan fingerprint density at radius 1 is 1.02 bits per heavy atom. The number of carbonyl (C=O) groups is 1. The van der Waals surface area contributed by atoms with Crippen LogP contribution in [0.3, 0.4) is 0 Å². The SMILES string of the molecule is Cn1c(=O)c2nc3[nH]ccc3cc2n1-c1cc(N2CCN(CC3=C(c4ccc(Cl)cc4)CC(C)(C)CC3)CC2)ccc1C(=O)NS(=O)(=O)c1ccc(NCC2CCOCC2)c([N+](=O)[O-])c1. The molecule has 0 atom stereocenters. The summed E-state index contributed by atoms with van der Waals surface area (Å²) in [6.45, 7) is 10.1. The molecule has 65 heavy (non-hydrogen) atoms. The number of fused-ring (bicyclic) bond motifs is 2. The molecule has 0 unspecified atom stereocenters. The highest BCUT2D eigenvalue weighted by Crippen LogP contribution is 2.43. The average molecular weight is 923 g/mol. The van der Waals surface area contributed by atoms with Crippen LogP contribution in [-0.4, -0.2) is 96.0 Å². The first kappa shape index (κ1) is 44.2. The molecule has 6 aromatic rings. The minimum atomic E-state index is -4.63. The molecule has 2 fully saturated rings. The second-order valence-corrected chi connectivity index (χ2v) is 20.2. The van der Waals surface area contributed by atoms with Gasteiger partial charge in [-0.3, -0.25) is 24.6 Å². The van der Waals surface area contributed by atoms with E-state index in [9.17, 15) is 28.1 Å². The Balaban J connectivity index is 1.01. The third kappa shape index (κ3) is 9.15. The van der Waals surface area contributed by atoms with E-state index < -0.39 is 37.0 Å². The molecule has 0 radical (unpaired) electrons. The molecule has 3 aromatic heterocycles. The molecule has 5 heterocycles. The standard InChI is InChI=1S/C47H52ClN9O7S/c1-47(2)16-12-33(38(27-47)31-4-6-34(48)7-5-31)29-54-18-20-55(21-19-54)35-8-10-37(40(25-35)56-42-24-32-13-17-49-44(32)51-43(42)46(59)53(56)3)45(58)52-65(62,63)36-9-11-39(41(26-36)57(60)61)50-28-30-14-22-64-23-15-30/h4-11,13,17,24-26,30,50H,12,14-16,18-23,27-29H2,1-3H3,(H,49,51)(H,52,58). The van der Waals surface area contributed by atoms with Gasteiger partial charge in [-0.2, -0.15) is 0 Å². The quantitative estimate of drug-likeness (QED) is 0.0814. The van der Waals surface area contributed by atoms with E-state index in [1.54, 1.807) is 42.2 Å². The van der Waals surface area contributed by atoms with Gasteiger partial charge in [-0.15, -0.1) is 0 Å². The van der Waals surface area contributed by atoms with Crippen LogP contribution in [0.4, 0.5) is 17.1 Å². The first-order valence-corrected chi connectivity index (χ1v) is 23.8. The minimum absolute atomic E-state index is 0.0382. The number of pyridine rings is 1. The van der Waals surface area contributed by atoms with Crippen LogP contribution in [-0.2, 0) is 21.8 Å². The van der Waals surface area contributed by atoms with E-state index in [-0.39, 0.29) is 33.8 Å². The first-order chi connectivity index (χ1) is 31.1. The van der Waals surface area contributed by atoms with Crippen LogP contribution in [0.5, 0.6) is 0 Å². The van der Waals surface area contributed by atoms with Crippen LogP contribution >= 0.6 is 11.6 Å². The van der Waals surface area contributed by atoms with E-state index in [1.807, 2.05) is 18.2 Å². The predicted molar refractivity (Wildman–Crippen MR) is 253 cm³/mol. The molecule has 16 nitrogen and oxygen atoms in total. The zero-order valence-electron chi connectivity index (χ0n) is 36.6. The highest BCUT2D eigenvalue weighted by atomic mass is 35.5. The van der Waals surface area contributed by atoms with E-state index in [4.69, 9.17) is 16.3 Å². The third-order valence-corrected chi connectivity index (χ3v) is 14.7. The monoisotopic (exact) mass is 921 g/mol. The lowest BCUT2D eigenvalue weighted by atomic mass is 9.72. The molecule has 2 aliphatic heterocycles. The molecule has 1 amide bonds. The summed E-state index contributed by atoms with van der Waals surface area (Å²) in [6.07, 6.45) is 6.48. The molecule has 0 bridgehead atoms. The molecule has 340 valence electrons. The van der Waals surface area contributed by atoms with Crippen molar-refractivity contribution in [2.75, 3.05) is 62.7 Å². The van der Waals surface area contributed by atoms with Crippen LogP contribution in [0.25, 0.3) is 33.3 Å². The van der Waals surface area contributed by atoms with Crippen molar-refractivity contribution in [2.24, 2.45) is 18.4 Å². The van der Waals surface area contributed by atoms with Gasteiger partial charge >= 0.3 is 0 Å². The van der Waals surface area contributed by atoms with Gasteiger partial charge in [0.1, 0.15) is 11.3 Å². The highest BCUT2D eigenvalue weighted by molar-refractivity contribution is 7.90. The summed E-state index contributed by atoms with van der Waals surface area (Å²) in [7, 11) is -3.06. The maximum atomic E-state index is 14.3. The highest BCUT2D eigenvalue weighted by Gasteiger charge is 2.31. The number of piperazine rings is 1. The fourth-order valence-electron chi connectivity index (χ4n) is 9.39. The minimum Gasteiger partial charge on any atom is -0.381 e. The molecular formula is C47H52ClN9O7S. The number of halogens is 1. The lowest BCUT2D eigenvalue weighted by molar-refractivity contribution is -0.384.